The first-order chi connectivity index (χ1) is 16.5. The van der Waals surface area contributed by atoms with Crippen molar-refractivity contribution in [3.05, 3.63) is 94.0 Å². The quantitative estimate of drug-likeness (QED) is 0.334. The highest BCUT2D eigenvalue weighted by Gasteiger charge is 2.07. The Hall–Kier alpha value is -3.55. The average molecular weight is 476 g/mol. The Kier molecular flexibility index (Phi) is 7.67. The summed E-state index contributed by atoms with van der Waals surface area (Å²) in [5.41, 5.74) is 3.21. The molecule has 0 amide bonds. The van der Waals surface area contributed by atoms with Gasteiger partial charge in [0.15, 0.2) is 11.6 Å². The van der Waals surface area contributed by atoms with Crippen LogP contribution in [0.25, 0.3) is 22.6 Å². The molecule has 2 heterocycles. The van der Waals surface area contributed by atoms with Gasteiger partial charge in [-0.05, 0) is 50.3 Å². The highest BCUT2D eigenvalue weighted by Crippen LogP contribution is 2.20. The van der Waals surface area contributed by atoms with E-state index in [0.29, 0.717) is 35.4 Å². The van der Waals surface area contributed by atoms with Crippen LogP contribution in [0.4, 0.5) is 0 Å². The van der Waals surface area contributed by atoms with Crippen molar-refractivity contribution in [3.63, 3.8) is 0 Å². The highest BCUT2D eigenvalue weighted by atomic mass is 35.5. The molecule has 0 aliphatic rings. The lowest BCUT2D eigenvalue weighted by molar-refractivity contribution is 0.280. The standard InChI is InChI=1S/C26H26ClN5O2/c1-31(2)13-4-14-34-23-16-28-26(29-17-23)21-6-3-5-19(15-21)18-32-25(33)12-11-24(30-32)20-7-9-22(27)10-8-20/h3,5-12,15-17H,4,13-14,18H2,1-2H3. The molecule has 0 fully saturated rings. The van der Waals surface area contributed by atoms with Crippen LogP contribution < -0.4 is 10.3 Å². The number of aromatic nitrogens is 4. The maximum absolute atomic E-state index is 12.4. The summed E-state index contributed by atoms with van der Waals surface area (Å²) >= 11 is 5.98. The van der Waals surface area contributed by atoms with E-state index in [4.69, 9.17) is 16.3 Å². The van der Waals surface area contributed by atoms with Gasteiger partial charge in [-0.25, -0.2) is 14.6 Å². The highest BCUT2D eigenvalue weighted by molar-refractivity contribution is 6.30. The van der Waals surface area contributed by atoms with E-state index in [0.717, 1.165) is 29.7 Å². The van der Waals surface area contributed by atoms with Crippen LogP contribution in [0.1, 0.15) is 12.0 Å². The van der Waals surface area contributed by atoms with Crippen molar-refractivity contribution in [1.82, 2.24) is 24.6 Å². The van der Waals surface area contributed by atoms with E-state index < -0.39 is 0 Å². The Morgan fingerprint density at radius 3 is 2.47 bits per heavy atom. The van der Waals surface area contributed by atoms with Crippen molar-refractivity contribution in [2.45, 2.75) is 13.0 Å². The van der Waals surface area contributed by atoms with E-state index >= 15 is 0 Å². The molecule has 34 heavy (non-hydrogen) atoms. The molecule has 4 rings (SSSR count). The molecule has 7 nitrogen and oxygen atoms in total. The topological polar surface area (TPSA) is 73.1 Å². The number of ether oxygens (including phenoxy) is 1. The summed E-state index contributed by atoms with van der Waals surface area (Å²) in [5.74, 6) is 1.24. The zero-order valence-corrected chi connectivity index (χ0v) is 19.9. The summed E-state index contributed by atoms with van der Waals surface area (Å²) in [6.45, 7) is 1.92. The lowest BCUT2D eigenvalue weighted by Gasteiger charge is -2.10. The number of benzene rings is 2. The van der Waals surface area contributed by atoms with E-state index in [9.17, 15) is 4.79 Å². The summed E-state index contributed by atoms with van der Waals surface area (Å²) in [6.07, 6.45) is 4.31. The van der Waals surface area contributed by atoms with Gasteiger partial charge >= 0.3 is 0 Å². The van der Waals surface area contributed by atoms with E-state index in [1.807, 2.05) is 50.5 Å². The zero-order valence-electron chi connectivity index (χ0n) is 19.2. The van der Waals surface area contributed by atoms with Crippen LogP contribution in [-0.4, -0.2) is 51.9 Å². The van der Waals surface area contributed by atoms with Gasteiger partial charge in [-0.3, -0.25) is 4.79 Å². The monoisotopic (exact) mass is 475 g/mol. The van der Waals surface area contributed by atoms with Gasteiger partial charge in [0.1, 0.15) is 0 Å². The number of hydrogen-bond donors (Lipinski definition) is 0. The molecule has 0 aliphatic carbocycles. The van der Waals surface area contributed by atoms with E-state index in [1.54, 1.807) is 30.6 Å². The molecule has 0 saturated carbocycles. The molecule has 0 atom stereocenters. The van der Waals surface area contributed by atoms with Gasteiger partial charge in [0.25, 0.3) is 5.56 Å². The molecule has 2 aromatic heterocycles. The van der Waals surface area contributed by atoms with Crippen LogP contribution in [0.3, 0.4) is 0 Å². The summed E-state index contributed by atoms with van der Waals surface area (Å²) in [6, 6.07) is 18.4. The lowest BCUT2D eigenvalue weighted by Crippen LogP contribution is -2.22. The van der Waals surface area contributed by atoms with Gasteiger partial charge in [-0.1, -0.05) is 41.9 Å². The zero-order chi connectivity index (χ0) is 23.9. The Balaban J connectivity index is 1.47. The Labute approximate surface area is 203 Å². The van der Waals surface area contributed by atoms with Crippen LogP contribution in [-0.2, 0) is 6.54 Å². The van der Waals surface area contributed by atoms with Crippen molar-refractivity contribution in [2.75, 3.05) is 27.2 Å². The molecule has 0 radical (unpaired) electrons. The fraction of sp³-hybridized carbons (Fsp3) is 0.231. The van der Waals surface area contributed by atoms with Crippen LogP contribution in [0.5, 0.6) is 5.75 Å². The Morgan fingerprint density at radius 2 is 1.74 bits per heavy atom. The van der Waals surface area contributed by atoms with Crippen molar-refractivity contribution < 1.29 is 4.74 Å². The van der Waals surface area contributed by atoms with Gasteiger partial charge in [-0.2, -0.15) is 5.10 Å². The van der Waals surface area contributed by atoms with Gasteiger partial charge in [0.05, 0.1) is 31.2 Å². The minimum Gasteiger partial charge on any atom is -0.490 e. The molecule has 0 spiro atoms. The summed E-state index contributed by atoms with van der Waals surface area (Å²) in [7, 11) is 4.07. The molecule has 8 heteroatoms. The smallest absolute Gasteiger partial charge is 0.267 e. The number of nitrogens with zero attached hydrogens (tertiary/aromatic N) is 5. The second kappa shape index (κ2) is 11.0. The lowest BCUT2D eigenvalue weighted by atomic mass is 10.1. The summed E-state index contributed by atoms with van der Waals surface area (Å²) < 4.78 is 7.16. The number of rotatable bonds is 9. The molecule has 0 N–H and O–H groups in total. The van der Waals surface area contributed by atoms with Gasteiger partial charge in [0.2, 0.25) is 0 Å². The molecule has 174 valence electrons. The molecular weight excluding hydrogens is 450 g/mol. The second-order valence-corrected chi connectivity index (χ2v) is 8.61. The van der Waals surface area contributed by atoms with E-state index in [1.165, 1.54) is 10.7 Å². The SMILES string of the molecule is CN(C)CCCOc1cnc(-c2cccc(Cn3nc(-c4ccc(Cl)cc4)ccc3=O)c2)nc1. The third-order valence-electron chi connectivity index (χ3n) is 5.17. The van der Waals surface area contributed by atoms with Gasteiger partial charge < -0.3 is 9.64 Å². The van der Waals surface area contributed by atoms with Crippen molar-refractivity contribution in [2.24, 2.45) is 0 Å². The molecule has 4 aromatic rings. The fourth-order valence-corrected chi connectivity index (χ4v) is 3.56. The number of halogens is 1. The Morgan fingerprint density at radius 1 is 0.971 bits per heavy atom. The normalized spacial score (nSPS) is 11.1. The van der Waals surface area contributed by atoms with Crippen LogP contribution in [0, 0.1) is 0 Å². The Bertz CT molecular complexity index is 1290. The minimum absolute atomic E-state index is 0.171. The first kappa shape index (κ1) is 23.6. The predicted molar refractivity (Wildman–Crippen MR) is 134 cm³/mol. The third kappa shape index (κ3) is 6.27. The molecule has 2 aromatic carbocycles. The summed E-state index contributed by atoms with van der Waals surface area (Å²) in [5, 5.41) is 5.19. The first-order valence-corrected chi connectivity index (χ1v) is 11.4. The molecule has 0 unspecified atom stereocenters. The molecule has 0 saturated heterocycles. The maximum Gasteiger partial charge on any atom is 0.267 e. The van der Waals surface area contributed by atoms with Gasteiger partial charge in [-0.15, -0.1) is 0 Å². The molecular formula is C26H26ClN5O2. The average Bonchev–Trinajstić information content (AvgIpc) is 2.84. The minimum atomic E-state index is -0.171. The van der Waals surface area contributed by atoms with Crippen LogP contribution in [0.2, 0.25) is 5.02 Å². The van der Waals surface area contributed by atoms with E-state index in [2.05, 4.69) is 20.0 Å². The third-order valence-corrected chi connectivity index (χ3v) is 5.42. The van der Waals surface area contributed by atoms with Crippen LogP contribution >= 0.6 is 11.6 Å². The van der Waals surface area contributed by atoms with Gasteiger partial charge in [0, 0.05) is 28.8 Å². The maximum atomic E-state index is 12.4. The molecule has 0 aliphatic heterocycles. The van der Waals surface area contributed by atoms with Crippen molar-refractivity contribution in [3.8, 4) is 28.4 Å². The predicted octanol–water partition coefficient (Wildman–Crippen LogP) is 4.40. The summed E-state index contributed by atoms with van der Waals surface area (Å²) in [4.78, 5) is 23.5. The van der Waals surface area contributed by atoms with Crippen LogP contribution in [0.15, 0.2) is 77.9 Å². The van der Waals surface area contributed by atoms with E-state index in [-0.39, 0.29) is 5.56 Å². The second-order valence-electron chi connectivity index (χ2n) is 8.17. The van der Waals surface area contributed by atoms with Crippen molar-refractivity contribution in [1.29, 1.82) is 0 Å². The number of hydrogen-bond acceptors (Lipinski definition) is 6. The largest absolute Gasteiger partial charge is 0.490 e. The van der Waals surface area contributed by atoms with Crippen molar-refractivity contribution >= 4 is 11.6 Å². The molecule has 0 bridgehead atoms. The first-order valence-electron chi connectivity index (χ1n) is 11.0. The fourth-order valence-electron chi connectivity index (χ4n) is 3.43.